The second-order valence-electron chi connectivity index (χ2n) is 6.69. The summed E-state index contributed by atoms with van der Waals surface area (Å²) in [5, 5.41) is 11.8. The molecule has 5 heteroatoms. The highest BCUT2D eigenvalue weighted by molar-refractivity contribution is 5.85. The first-order valence-electron chi connectivity index (χ1n) is 6.82. The molecule has 5 nitrogen and oxygen atoms in total. The standard InChI is InChI=1S/C16H23NO4/c1-15(2,3)21-14(20)17-12-8-6-7-11(9-12)10-16(4,5)13(18)19/h6-9H,10H2,1-5H3,(H,17,20)(H,18,19). The molecule has 1 amide bonds. The molecule has 0 saturated carbocycles. The third kappa shape index (κ3) is 5.85. The molecule has 0 atom stereocenters. The van der Waals surface area contributed by atoms with E-state index in [1.54, 1.807) is 52.8 Å². The fourth-order valence-corrected chi connectivity index (χ4v) is 1.77. The number of carboxylic acid groups (broad SMARTS) is 1. The summed E-state index contributed by atoms with van der Waals surface area (Å²) in [7, 11) is 0. The lowest BCUT2D eigenvalue weighted by Crippen LogP contribution is -2.27. The average Bonchev–Trinajstić information content (AvgIpc) is 2.25. The van der Waals surface area contributed by atoms with E-state index < -0.39 is 23.1 Å². The third-order valence-electron chi connectivity index (χ3n) is 2.80. The van der Waals surface area contributed by atoms with Gasteiger partial charge in [-0.2, -0.15) is 0 Å². The van der Waals surface area contributed by atoms with Crippen LogP contribution in [-0.2, 0) is 16.0 Å². The van der Waals surface area contributed by atoms with Crippen LogP contribution in [0.15, 0.2) is 24.3 Å². The Hall–Kier alpha value is -2.04. The molecule has 0 spiro atoms. The Morgan fingerprint density at radius 1 is 1.19 bits per heavy atom. The molecule has 2 N–H and O–H groups in total. The Bertz CT molecular complexity index is 529. The summed E-state index contributed by atoms with van der Waals surface area (Å²) in [5.74, 6) is -0.854. The lowest BCUT2D eigenvalue weighted by Gasteiger charge is -2.21. The van der Waals surface area contributed by atoms with E-state index in [1.807, 2.05) is 6.07 Å². The summed E-state index contributed by atoms with van der Waals surface area (Å²) in [6.45, 7) is 8.71. The van der Waals surface area contributed by atoms with Crippen molar-refractivity contribution in [3.8, 4) is 0 Å². The van der Waals surface area contributed by atoms with Crippen molar-refractivity contribution < 1.29 is 19.4 Å². The maximum atomic E-state index is 11.7. The van der Waals surface area contributed by atoms with Crippen LogP contribution in [0.1, 0.15) is 40.2 Å². The van der Waals surface area contributed by atoms with Gasteiger partial charge in [-0.1, -0.05) is 12.1 Å². The van der Waals surface area contributed by atoms with E-state index in [4.69, 9.17) is 9.84 Å². The molecule has 0 fully saturated rings. The highest BCUT2D eigenvalue weighted by Crippen LogP contribution is 2.24. The summed E-state index contributed by atoms with van der Waals surface area (Å²) in [6, 6.07) is 7.11. The van der Waals surface area contributed by atoms with Crippen LogP contribution in [0.4, 0.5) is 10.5 Å². The van der Waals surface area contributed by atoms with Crippen molar-refractivity contribution in [3.05, 3.63) is 29.8 Å². The maximum Gasteiger partial charge on any atom is 0.412 e. The Morgan fingerprint density at radius 3 is 2.33 bits per heavy atom. The molecule has 0 saturated heterocycles. The summed E-state index contributed by atoms with van der Waals surface area (Å²) in [5.41, 5.74) is 0.0104. The molecule has 1 aromatic carbocycles. The molecule has 0 aliphatic carbocycles. The summed E-state index contributed by atoms with van der Waals surface area (Å²) >= 11 is 0. The average molecular weight is 293 g/mol. The van der Waals surface area contributed by atoms with Crippen molar-refractivity contribution in [1.29, 1.82) is 0 Å². The van der Waals surface area contributed by atoms with Gasteiger partial charge in [0.25, 0.3) is 0 Å². The van der Waals surface area contributed by atoms with Gasteiger partial charge in [-0.3, -0.25) is 10.1 Å². The van der Waals surface area contributed by atoms with Gasteiger partial charge in [-0.05, 0) is 58.7 Å². The normalized spacial score (nSPS) is 11.9. The molecule has 0 heterocycles. The van der Waals surface area contributed by atoms with Crippen molar-refractivity contribution in [3.63, 3.8) is 0 Å². The van der Waals surface area contributed by atoms with Crippen LogP contribution in [0.25, 0.3) is 0 Å². The lowest BCUT2D eigenvalue weighted by atomic mass is 9.86. The van der Waals surface area contributed by atoms with Crippen molar-refractivity contribution in [1.82, 2.24) is 0 Å². The van der Waals surface area contributed by atoms with Crippen LogP contribution in [0.2, 0.25) is 0 Å². The number of carboxylic acids is 1. The number of anilines is 1. The number of ether oxygens (including phenoxy) is 1. The van der Waals surface area contributed by atoms with Gasteiger partial charge in [0.1, 0.15) is 5.60 Å². The van der Waals surface area contributed by atoms with Crippen LogP contribution in [0, 0.1) is 5.41 Å². The van der Waals surface area contributed by atoms with Gasteiger partial charge < -0.3 is 9.84 Å². The first-order chi connectivity index (χ1) is 9.49. The van der Waals surface area contributed by atoms with Gasteiger partial charge in [-0.15, -0.1) is 0 Å². The Kier molecular flexibility index (Phi) is 4.99. The van der Waals surface area contributed by atoms with Gasteiger partial charge in [0, 0.05) is 5.69 Å². The van der Waals surface area contributed by atoms with E-state index in [0.29, 0.717) is 12.1 Å². The highest BCUT2D eigenvalue weighted by atomic mass is 16.6. The molecule has 116 valence electrons. The van der Waals surface area contributed by atoms with E-state index in [1.165, 1.54) is 0 Å². The van der Waals surface area contributed by atoms with Crippen LogP contribution < -0.4 is 5.32 Å². The molecule has 0 radical (unpaired) electrons. The van der Waals surface area contributed by atoms with Crippen LogP contribution in [0.5, 0.6) is 0 Å². The molecule has 1 aromatic rings. The van der Waals surface area contributed by atoms with Gasteiger partial charge in [0.2, 0.25) is 0 Å². The van der Waals surface area contributed by atoms with Gasteiger partial charge in [0.05, 0.1) is 5.41 Å². The van der Waals surface area contributed by atoms with Crippen molar-refractivity contribution in [2.24, 2.45) is 5.41 Å². The quantitative estimate of drug-likeness (QED) is 0.887. The summed E-state index contributed by atoms with van der Waals surface area (Å²) in [4.78, 5) is 22.9. The molecule has 0 aromatic heterocycles. The summed E-state index contributed by atoms with van der Waals surface area (Å²) < 4.78 is 5.18. The minimum Gasteiger partial charge on any atom is -0.481 e. The second kappa shape index (κ2) is 6.16. The molecular weight excluding hydrogens is 270 g/mol. The van der Waals surface area contributed by atoms with Gasteiger partial charge in [0.15, 0.2) is 0 Å². The zero-order valence-corrected chi connectivity index (χ0v) is 13.2. The topological polar surface area (TPSA) is 75.6 Å². The Balaban J connectivity index is 2.78. The van der Waals surface area contributed by atoms with Crippen molar-refractivity contribution in [2.75, 3.05) is 5.32 Å². The fraction of sp³-hybridized carbons (Fsp3) is 0.500. The van der Waals surface area contributed by atoms with E-state index in [-0.39, 0.29) is 0 Å². The fourth-order valence-electron chi connectivity index (χ4n) is 1.77. The highest BCUT2D eigenvalue weighted by Gasteiger charge is 2.27. The first-order valence-corrected chi connectivity index (χ1v) is 6.82. The molecular formula is C16H23NO4. The number of hydrogen-bond acceptors (Lipinski definition) is 3. The number of carbonyl (C=O) groups excluding carboxylic acids is 1. The predicted octanol–water partition coefficient (Wildman–Crippen LogP) is 3.69. The van der Waals surface area contributed by atoms with Crippen LogP contribution >= 0.6 is 0 Å². The molecule has 0 unspecified atom stereocenters. The van der Waals surface area contributed by atoms with Crippen molar-refractivity contribution >= 4 is 17.7 Å². The molecule has 1 rings (SSSR count). The van der Waals surface area contributed by atoms with Crippen molar-refractivity contribution in [2.45, 2.75) is 46.6 Å². The third-order valence-corrected chi connectivity index (χ3v) is 2.80. The monoisotopic (exact) mass is 293 g/mol. The van der Waals surface area contributed by atoms with Crippen LogP contribution in [-0.4, -0.2) is 22.8 Å². The number of benzene rings is 1. The number of hydrogen-bond donors (Lipinski definition) is 2. The van der Waals surface area contributed by atoms with Gasteiger partial charge in [-0.25, -0.2) is 4.79 Å². The minimum atomic E-state index is -0.857. The van der Waals surface area contributed by atoms with E-state index in [0.717, 1.165) is 5.56 Å². The zero-order chi connectivity index (χ0) is 16.3. The van der Waals surface area contributed by atoms with Gasteiger partial charge >= 0.3 is 12.1 Å². The SMILES string of the molecule is CC(C)(C)OC(=O)Nc1cccc(CC(C)(C)C(=O)O)c1. The predicted molar refractivity (Wildman–Crippen MR) is 81.4 cm³/mol. The summed E-state index contributed by atoms with van der Waals surface area (Å²) in [6.07, 6.45) is -0.149. The zero-order valence-electron chi connectivity index (χ0n) is 13.2. The smallest absolute Gasteiger partial charge is 0.412 e. The number of nitrogens with one attached hydrogen (secondary N) is 1. The molecule has 0 bridgehead atoms. The first kappa shape index (κ1) is 17.0. The van der Waals surface area contributed by atoms with E-state index in [2.05, 4.69) is 5.32 Å². The number of aliphatic carboxylic acids is 1. The lowest BCUT2D eigenvalue weighted by molar-refractivity contribution is -0.146. The molecule has 0 aliphatic heterocycles. The van der Waals surface area contributed by atoms with E-state index >= 15 is 0 Å². The Labute approximate surface area is 125 Å². The largest absolute Gasteiger partial charge is 0.481 e. The van der Waals surface area contributed by atoms with Crippen LogP contribution in [0.3, 0.4) is 0 Å². The number of amides is 1. The Morgan fingerprint density at radius 2 is 1.81 bits per heavy atom. The second-order valence-corrected chi connectivity index (χ2v) is 6.69. The minimum absolute atomic E-state index is 0.381. The molecule has 0 aliphatic rings. The van der Waals surface area contributed by atoms with E-state index in [9.17, 15) is 9.59 Å². The molecule has 21 heavy (non-hydrogen) atoms. The number of rotatable bonds is 4. The number of carbonyl (C=O) groups is 2. The maximum absolute atomic E-state index is 11.7.